The maximum Gasteiger partial charge on any atom is 0.343 e. The van der Waals surface area contributed by atoms with Crippen LogP contribution in [-0.4, -0.2) is 23.2 Å². The van der Waals surface area contributed by atoms with Crippen LogP contribution in [0.15, 0.2) is 53.5 Å². The van der Waals surface area contributed by atoms with Gasteiger partial charge in [0.05, 0.1) is 24.8 Å². The number of ether oxygens (including phenoxy) is 2. The number of carbonyl (C=O) groups excluding carboxylic acids is 1. The van der Waals surface area contributed by atoms with Gasteiger partial charge in [0.2, 0.25) is 5.43 Å². The summed E-state index contributed by atoms with van der Waals surface area (Å²) in [5.74, 6) is -0.993. The van der Waals surface area contributed by atoms with E-state index in [4.69, 9.17) is 9.47 Å². The van der Waals surface area contributed by atoms with Crippen LogP contribution in [0, 0.1) is 5.82 Å². The fourth-order valence-corrected chi connectivity index (χ4v) is 4.45. The van der Waals surface area contributed by atoms with E-state index in [2.05, 4.69) is 0 Å². The van der Waals surface area contributed by atoms with E-state index in [1.165, 1.54) is 6.07 Å². The number of fused-ring (bicyclic) bond motifs is 1. The molecule has 2 aromatic carbocycles. The number of hydrogen-bond donors (Lipinski definition) is 0. The van der Waals surface area contributed by atoms with E-state index in [-0.39, 0.29) is 35.6 Å². The molecule has 0 bridgehead atoms. The van der Waals surface area contributed by atoms with Crippen LogP contribution in [0.4, 0.5) is 4.39 Å². The topological polar surface area (TPSA) is 57.5 Å². The van der Waals surface area contributed by atoms with Gasteiger partial charge in [0.25, 0.3) is 0 Å². The van der Waals surface area contributed by atoms with Crippen molar-refractivity contribution in [1.82, 2.24) is 4.57 Å². The van der Waals surface area contributed by atoms with Crippen LogP contribution in [0.1, 0.15) is 66.1 Å². The van der Waals surface area contributed by atoms with Crippen LogP contribution in [0.5, 0.6) is 0 Å². The van der Waals surface area contributed by atoms with Crippen LogP contribution in [0.2, 0.25) is 0 Å². The van der Waals surface area contributed by atoms with Gasteiger partial charge in [-0.15, -0.1) is 0 Å². The zero-order valence-corrected chi connectivity index (χ0v) is 18.1. The summed E-state index contributed by atoms with van der Waals surface area (Å²) in [6.45, 7) is 2.43. The molecule has 32 heavy (non-hydrogen) atoms. The van der Waals surface area contributed by atoms with E-state index < -0.39 is 17.2 Å². The summed E-state index contributed by atoms with van der Waals surface area (Å²) in [6.07, 6.45) is 5.16. The number of rotatable bonds is 7. The molecule has 5 nitrogen and oxygen atoms in total. The molecule has 0 N–H and O–H groups in total. The first-order valence-electron chi connectivity index (χ1n) is 11.3. The van der Waals surface area contributed by atoms with Gasteiger partial charge in [-0.1, -0.05) is 30.3 Å². The molecule has 1 aromatic heterocycles. The first kappa shape index (κ1) is 20.9. The SMILES string of the molecule is CCOC(=O)c1cn(C2CC2)c2cc(C3CC(OCc4ccccc4)C3)c(F)cc2c1=O. The molecule has 166 valence electrons. The first-order chi connectivity index (χ1) is 15.5. The van der Waals surface area contributed by atoms with Crippen molar-refractivity contribution in [2.45, 2.75) is 57.3 Å². The van der Waals surface area contributed by atoms with Crippen molar-refractivity contribution in [3.63, 3.8) is 0 Å². The minimum absolute atomic E-state index is 0.0311. The van der Waals surface area contributed by atoms with Gasteiger partial charge < -0.3 is 14.0 Å². The summed E-state index contributed by atoms with van der Waals surface area (Å²) < 4.78 is 28.0. The monoisotopic (exact) mass is 435 g/mol. The summed E-state index contributed by atoms with van der Waals surface area (Å²) in [6, 6.07) is 13.3. The van der Waals surface area contributed by atoms with Crippen LogP contribution in [0.25, 0.3) is 10.9 Å². The molecule has 0 amide bonds. The van der Waals surface area contributed by atoms with Crippen molar-refractivity contribution in [2.75, 3.05) is 6.61 Å². The van der Waals surface area contributed by atoms with Crippen molar-refractivity contribution >= 4 is 16.9 Å². The number of esters is 1. The molecule has 0 spiro atoms. The van der Waals surface area contributed by atoms with E-state index in [9.17, 15) is 9.59 Å². The highest BCUT2D eigenvalue weighted by molar-refractivity contribution is 5.94. The molecule has 0 atom stereocenters. The zero-order valence-electron chi connectivity index (χ0n) is 18.1. The smallest absolute Gasteiger partial charge is 0.343 e. The Kier molecular flexibility index (Phi) is 5.55. The lowest BCUT2D eigenvalue weighted by Crippen LogP contribution is -2.30. The summed E-state index contributed by atoms with van der Waals surface area (Å²) >= 11 is 0. The third kappa shape index (κ3) is 3.95. The average molecular weight is 435 g/mol. The normalized spacial score (nSPS) is 20.2. The minimum Gasteiger partial charge on any atom is -0.462 e. The number of benzene rings is 2. The number of halogens is 1. The van der Waals surface area contributed by atoms with Gasteiger partial charge in [-0.25, -0.2) is 9.18 Å². The number of aromatic nitrogens is 1. The molecular weight excluding hydrogens is 409 g/mol. The minimum atomic E-state index is -0.657. The lowest BCUT2D eigenvalue weighted by molar-refractivity contribution is -0.0212. The van der Waals surface area contributed by atoms with Crippen molar-refractivity contribution < 1.29 is 18.7 Å². The summed E-state index contributed by atoms with van der Waals surface area (Å²) in [7, 11) is 0. The predicted octanol–water partition coefficient (Wildman–Crippen LogP) is 5.12. The Morgan fingerprint density at radius 3 is 2.59 bits per heavy atom. The molecule has 0 saturated heterocycles. The zero-order chi connectivity index (χ0) is 22.2. The van der Waals surface area contributed by atoms with Crippen molar-refractivity contribution in [2.24, 2.45) is 0 Å². The highest BCUT2D eigenvalue weighted by Gasteiger charge is 2.34. The molecule has 5 rings (SSSR count). The molecule has 0 unspecified atom stereocenters. The van der Waals surface area contributed by atoms with E-state index in [1.54, 1.807) is 19.2 Å². The molecule has 3 aromatic rings. The summed E-state index contributed by atoms with van der Waals surface area (Å²) in [5, 5.41) is 0.236. The van der Waals surface area contributed by atoms with Crippen LogP contribution in [0.3, 0.4) is 0 Å². The van der Waals surface area contributed by atoms with Gasteiger partial charge in [0, 0.05) is 17.6 Å². The molecule has 1 heterocycles. The summed E-state index contributed by atoms with van der Waals surface area (Å²) in [5.41, 5.74) is 1.93. The van der Waals surface area contributed by atoms with E-state index in [0.717, 1.165) is 31.2 Å². The van der Waals surface area contributed by atoms with Crippen LogP contribution in [-0.2, 0) is 16.1 Å². The highest BCUT2D eigenvalue weighted by Crippen LogP contribution is 2.42. The Hall–Kier alpha value is -2.99. The molecule has 0 aliphatic heterocycles. The van der Waals surface area contributed by atoms with Crippen molar-refractivity contribution in [3.05, 3.63) is 81.4 Å². The van der Waals surface area contributed by atoms with Gasteiger partial charge in [-0.05, 0) is 61.8 Å². The van der Waals surface area contributed by atoms with Crippen molar-refractivity contribution in [1.29, 1.82) is 0 Å². The van der Waals surface area contributed by atoms with Gasteiger partial charge in [0.15, 0.2) is 0 Å². The molecule has 2 saturated carbocycles. The molecule has 6 heteroatoms. The average Bonchev–Trinajstić information content (AvgIpc) is 3.60. The molecule has 2 aliphatic rings. The number of pyridine rings is 1. The van der Waals surface area contributed by atoms with Crippen LogP contribution < -0.4 is 5.43 Å². The Labute approximate surface area is 185 Å². The lowest BCUT2D eigenvalue weighted by Gasteiger charge is -2.36. The van der Waals surface area contributed by atoms with Gasteiger partial charge >= 0.3 is 5.97 Å². The predicted molar refractivity (Wildman–Crippen MR) is 119 cm³/mol. The summed E-state index contributed by atoms with van der Waals surface area (Å²) in [4.78, 5) is 25.2. The lowest BCUT2D eigenvalue weighted by atomic mass is 9.77. The molecule has 2 aliphatic carbocycles. The Morgan fingerprint density at radius 2 is 1.91 bits per heavy atom. The van der Waals surface area contributed by atoms with Crippen LogP contribution >= 0.6 is 0 Å². The maximum absolute atomic E-state index is 15.1. The second-order valence-electron chi connectivity index (χ2n) is 8.71. The quantitative estimate of drug-likeness (QED) is 0.484. The standard InChI is InChI=1S/C26H26FNO4/c1-2-31-26(30)22-14-28(18-8-9-18)24-13-20(23(27)12-21(24)25(22)29)17-10-19(11-17)32-15-16-6-4-3-5-7-16/h3-7,12-14,17-19H,2,8-11,15H2,1H3. The maximum atomic E-state index is 15.1. The van der Waals surface area contributed by atoms with Gasteiger partial charge in [-0.3, -0.25) is 4.79 Å². The van der Waals surface area contributed by atoms with Crippen molar-refractivity contribution in [3.8, 4) is 0 Å². The highest BCUT2D eigenvalue weighted by atomic mass is 19.1. The van der Waals surface area contributed by atoms with E-state index >= 15 is 4.39 Å². The van der Waals surface area contributed by atoms with E-state index in [0.29, 0.717) is 17.7 Å². The van der Waals surface area contributed by atoms with E-state index in [1.807, 2.05) is 34.9 Å². The number of hydrogen-bond acceptors (Lipinski definition) is 4. The third-order valence-electron chi connectivity index (χ3n) is 6.45. The Morgan fingerprint density at radius 1 is 1.16 bits per heavy atom. The Balaban J connectivity index is 1.40. The second kappa shape index (κ2) is 8.51. The number of nitrogens with zero attached hydrogens (tertiary/aromatic N) is 1. The first-order valence-corrected chi connectivity index (χ1v) is 11.3. The Bertz CT molecular complexity index is 1210. The van der Waals surface area contributed by atoms with Gasteiger partial charge in [-0.2, -0.15) is 0 Å². The van der Waals surface area contributed by atoms with Gasteiger partial charge in [0.1, 0.15) is 11.4 Å². The fourth-order valence-electron chi connectivity index (χ4n) is 4.45. The largest absolute Gasteiger partial charge is 0.462 e. The molecular formula is C26H26FNO4. The molecule has 0 radical (unpaired) electrons. The second-order valence-corrected chi connectivity index (χ2v) is 8.71. The fraction of sp³-hybridized carbons (Fsp3) is 0.385. The number of carbonyl (C=O) groups is 1. The third-order valence-corrected chi connectivity index (χ3v) is 6.45. The molecule has 2 fully saturated rings.